The van der Waals surface area contributed by atoms with Crippen molar-refractivity contribution in [2.45, 2.75) is 12.8 Å². The summed E-state index contributed by atoms with van der Waals surface area (Å²) in [7, 11) is 0. The number of carbonyl (C=O) groups is 3. The van der Waals surface area contributed by atoms with Crippen molar-refractivity contribution in [1.82, 2.24) is 4.90 Å². The van der Waals surface area contributed by atoms with E-state index in [1.807, 2.05) is 0 Å². The number of benzene rings is 1. The van der Waals surface area contributed by atoms with Gasteiger partial charge >= 0.3 is 0 Å². The third-order valence-corrected chi connectivity index (χ3v) is 2.93. The van der Waals surface area contributed by atoms with Crippen LogP contribution in [0.4, 0.5) is 0 Å². The number of nitrogens with zero attached hydrogens (tertiary/aromatic N) is 1. The van der Waals surface area contributed by atoms with Crippen LogP contribution in [0.15, 0.2) is 24.3 Å². The summed E-state index contributed by atoms with van der Waals surface area (Å²) in [6, 6.07) is 4.54. The van der Waals surface area contributed by atoms with Crippen LogP contribution in [0.1, 0.15) is 28.8 Å². The molecule has 0 unspecified atom stereocenters. The minimum absolute atomic E-state index is 0.0140. The van der Waals surface area contributed by atoms with Gasteiger partial charge in [-0.1, -0.05) is 24.3 Å². The molecular weight excluding hydrogens is 246 g/mol. The van der Waals surface area contributed by atoms with E-state index in [1.165, 1.54) is 11.0 Å². The van der Waals surface area contributed by atoms with Crippen LogP contribution in [0.2, 0.25) is 0 Å². The quantitative estimate of drug-likeness (QED) is 0.654. The third kappa shape index (κ3) is 2.88. The summed E-state index contributed by atoms with van der Waals surface area (Å²) in [5.41, 5.74) is 0.921. The van der Waals surface area contributed by atoms with E-state index < -0.39 is 0 Å². The Hall–Kier alpha value is -2.43. The lowest BCUT2D eigenvalue weighted by Gasteiger charge is -2.10. The monoisotopic (exact) mass is 259 g/mol. The number of rotatable bonds is 4. The molecule has 1 fully saturated rings. The lowest BCUT2D eigenvalue weighted by molar-refractivity contribution is -0.137. The molecule has 0 spiro atoms. The summed E-state index contributed by atoms with van der Waals surface area (Å²) >= 11 is 0. The highest BCUT2D eigenvalue weighted by Crippen LogP contribution is 2.20. The van der Waals surface area contributed by atoms with Gasteiger partial charge in [0, 0.05) is 30.5 Å². The molecule has 1 aromatic carbocycles. The Balaban J connectivity index is 2.05. The Bertz CT molecular complexity index is 547. The first-order valence-corrected chi connectivity index (χ1v) is 5.90. The van der Waals surface area contributed by atoms with Crippen LogP contribution >= 0.6 is 0 Å². The summed E-state index contributed by atoms with van der Waals surface area (Å²) in [6.07, 6.45) is 4.44. The molecule has 98 valence electrons. The van der Waals surface area contributed by atoms with Crippen LogP contribution in [0.3, 0.4) is 0 Å². The largest absolute Gasteiger partial charge is 0.507 e. The van der Waals surface area contributed by atoms with Gasteiger partial charge in [-0.05, 0) is 6.07 Å². The van der Waals surface area contributed by atoms with Crippen LogP contribution in [0, 0.1) is 0 Å². The number of carbonyl (C=O) groups excluding carboxylic acids is 3. The Morgan fingerprint density at radius 3 is 2.47 bits per heavy atom. The predicted molar refractivity (Wildman–Crippen MR) is 68.5 cm³/mol. The zero-order chi connectivity index (χ0) is 13.8. The smallest absolute Gasteiger partial charge is 0.229 e. The van der Waals surface area contributed by atoms with E-state index >= 15 is 0 Å². The molecular formula is C14H13NO4. The van der Waals surface area contributed by atoms with E-state index in [0.29, 0.717) is 17.4 Å². The summed E-state index contributed by atoms with van der Waals surface area (Å²) in [5, 5.41) is 9.66. The van der Waals surface area contributed by atoms with Gasteiger partial charge in [0.2, 0.25) is 11.8 Å². The number of hydrogen-bond acceptors (Lipinski definition) is 4. The van der Waals surface area contributed by atoms with Gasteiger partial charge in [-0.15, -0.1) is 0 Å². The molecule has 1 aliphatic rings. The zero-order valence-electron chi connectivity index (χ0n) is 10.2. The highest BCUT2D eigenvalue weighted by atomic mass is 16.3. The van der Waals surface area contributed by atoms with Crippen molar-refractivity contribution in [1.29, 1.82) is 0 Å². The van der Waals surface area contributed by atoms with Crippen LogP contribution < -0.4 is 0 Å². The Morgan fingerprint density at radius 2 is 1.89 bits per heavy atom. The summed E-state index contributed by atoms with van der Waals surface area (Å²) < 4.78 is 0. The normalized spacial score (nSPS) is 15.5. The number of hydrogen-bond donors (Lipinski definition) is 1. The summed E-state index contributed by atoms with van der Waals surface area (Å²) in [5.74, 6) is -0.356. The van der Waals surface area contributed by atoms with Gasteiger partial charge < -0.3 is 5.11 Å². The molecule has 5 nitrogen and oxygen atoms in total. The molecule has 5 heteroatoms. The number of aldehydes is 1. The minimum atomic E-state index is -0.171. The van der Waals surface area contributed by atoms with E-state index in [2.05, 4.69) is 0 Å². The second-order valence-corrected chi connectivity index (χ2v) is 4.24. The fourth-order valence-electron chi connectivity index (χ4n) is 1.89. The van der Waals surface area contributed by atoms with Gasteiger partial charge in [-0.2, -0.15) is 0 Å². The number of aromatic hydroxyl groups is 1. The highest BCUT2D eigenvalue weighted by molar-refractivity contribution is 6.02. The zero-order valence-corrected chi connectivity index (χ0v) is 10.2. The molecule has 2 amide bonds. The minimum Gasteiger partial charge on any atom is -0.507 e. The molecule has 0 saturated carbocycles. The van der Waals surface area contributed by atoms with Gasteiger partial charge in [-0.25, -0.2) is 0 Å². The number of likely N-dealkylation sites (tertiary alicyclic amines) is 1. The molecule has 1 heterocycles. The fraction of sp³-hybridized carbons (Fsp3) is 0.214. The number of amides is 2. The molecule has 19 heavy (non-hydrogen) atoms. The number of phenols is 1. The van der Waals surface area contributed by atoms with E-state index in [1.54, 1.807) is 24.3 Å². The SMILES string of the molecule is O=Cc1ccc(/C=C/CN2C(=O)CCC2=O)c(O)c1. The van der Waals surface area contributed by atoms with E-state index in [0.717, 1.165) is 0 Å². The molecule has 1 aliphatic heterocycles. The first-order valence-electron chi connectivity index (χ1n) is 5.90. The highest BCUT2D eigenvalue weighted by Gasteiger charge is 2.27. The maximum absolute atomic E-state index is 11.4. The van der Waals surface area contributed by atoms with E-state index in [4.69, 9.17) is 0 Å². The first-order chi connectivity index (χ1) is 9.11. The van der Waals surface area contributed by atoms with Crippen molar-refractivity contribution in [3.8, 4) is 5.75 Å². The predicted octanol–water partition coefficient (Wildman–Crippen LogP) is 1.37. The molecule has 1 saturated heterocycles. The van der Waals surface area contributed by atoms with E-state index in [9.17, 15) is 19.5 Å². The molecule has 0 aliphatic carbocycles. The van der Waals surface area contributed by atoms with Gasteiger partial charge in [0.15, 0.2) is 0 Å². The lowest BCUT2D eigenvalue weighted by Crippen LogP contribution is -2.28. The van der Waals surface area contributed by atoms with Crippen LogP contribution in [-0.4, -0.2) is 34.7 Å². The molecule has 2 rings (SSSR count). The summed E-state index contributed by atoms with van der Waals surface area (Å²) in [4.78, 5) is 34.4. The van der Waals surface area contributed by atoms with Crippen LogP contribution in [-0.2, 0) is 9.59 Å². The molecule has 1 aromatic rings. The van der Waals surface area contributed by atoms with Crippen molar-refractivity contribution < 1.29 is 19.5 Å². The third-order valence-electron chi connectivity index (χ3n) is 2.93. The second-order valence-electron chi connectivity index (χ2n) is 4.24. The van der Waals surface area contributed by atoms with Gasteiger partial charge in [0.1, 0.15) is 12.0 Å². The van der Waals surface area contributed by atoms with Gasteiger partial charge in [0.05, 0.1) is 0 Å². The summed E-state index contributed by atoms with van der Waals surface area (Å²) in [6.45, 7) is 0.201. The van der Waals surface area contributed by atoms with Gasteiger partial charge in [-0.3, -0.25) is 19.3 Å². The standard InChI is InChI=1S/C14H13NO4/c16-9-10-3-4-11(12(17)8-10)2-1-7-15-13(18)5-6-14(15)19/h1-4,8-9,17H,5-7H2/b2-1+. The van der Waals surface area contributed by atoms with Crippen molar-refractivity contribution in [2.24, 2.45) is 0 Å². The lowest BCUT2D eigenvalue weighted by atomic mass is 10.1. The maximum Gasteiger partial charge on any atom is 0.229 e. The van der Waals surface area contributed by atoms with E-state index in [-0.39, 0.29) is 37.0 Å². The average molecular weight is 259 g/mol. The molecule has 0 radical (unpaired) electrons. The Morgan fingerprint density at radius 1 is 1.21 bits per heavy atom. The number of imide groups is 1. The van der Waals surface area contributed by atoms with Crippen LogP contribution in [0.25, 0.3) is 6.08 Å². The molecule has 0 aromatic heterocycles. The fourth-order valence-corrected chi connectivity index (χ4v) is 1.89. The molecule has 0 atom stereocenters. The topological polar surface area (TPSA) is 74.7 Å². The molecule has 0 bridgehead atoms. The Kier molecular flexibility index (Phi) is 3.75. The van der Waals surface area contributed by atoms with Crippen molar-refractivity contribution in [3.05, 3.63) is 35.4 Å². The second kappa shape index (κ2) is 5.48. The van der Waals surface area contributed by atoms with Gasteiger partial charge in [0.25, 0.3) is 0 Å². The van der Waals surface area contributed by atoms with Crippen molar-refractivity contribution in [3.63, 3.8) is 0 Å². The average Bonchev–Trinajstić information content (AvgIpc) is 2.72. The molecule has 1 N–H and O–H groups in total. The first kappa shape index (κ1) is 13.0. The number of phenolic OH excluding ortho intramolecular Hbond substituents is 1. The Labute approximate surface area is 110 Å². The van der Waals surface area contributed by atoms with Crippen molar-refractivity contribution >= 4 is 24.2 Å². The maximum atomic E-state index is 11.4. The van der Waals surface area contributed by atoms with Crippen LogP contribution in [0.5, 0.6) is 5.75 Å². The van der Waals surface area contributed by atoms with Crippen molar-refractivity contribution in [2.75, 3.05) is 6.54 Å².